The van der Waals surface area contributed by atoms with Crippen molar-refractivity contribution in [2.24, 2.45) is 0 Å². The lowest BCUT2D eigenvalue weighted by Gasteiger charge is -2.15. The van der Waals surface area contributed by atoms with Crippen molar-refractivity contribution < 1.29 is 31.7 Å². The average Bonchev–Trinajstić information content (AvgIpc) is 3.58. The van der Waals surface area contributed by atoms with Crippen LogP contribution in [0.3, 0.4) is 0 Å². The molecule has 1 saturated heterocycles. The summed E-state index contributed by atoms with van der Waals surface area (Å²) in [4.78, 5) is 22.5. The van der Waals surface area contributed by atoms with Gasteiger partial charge in [0.25, 0.3) is 5.91 Å². The minimum Gasteiger partial charge on any atom is -0.355 e. The van der Waals surface area contributed by atoms with Gasteiger partial charge in [0.05, 0.1) is 41.2 Å². The Balaban J connectivity index is 1.77. The van der Waals surface area contributed by atoms with Crippen molar-refractivity contribution in [2.45, 2.75) is 12.6 Å². The summed E-state index contributed by atoms with van der Waals surface area (Å²) in [6.07, 6.45) is -0.886. The molecule has 0 spiro atoms. The predicted octanol–water partition coefficient (Wildman–Crippen LogP) is 5.18. The molecule has 4 aromatic rings. The van der Waals surface area contributed by atoms with Crippen molar-refractivity contribution in [3.8, 4) is 28.3 Å². The van der Waals surface area contributed by atoms with E-state index in [-0.39, 0.29) is 35.1 Å². The van der Waals surface area contributed by atoms with Gasteiger partial charge in [0, 0.05) is 12.4 Å². The Morgan fingerprint density at radius 2 is 1.91 bits per heavy atom. The highest BCUT2D eigenvalue weighted by atomic mass is 35.5. The second-order valence-corrected chi connectivity index (χ2v) is 7.86. The standard InChI is InChI=1S/C22H14ClF4N5O3/c23-14-3-1-4-15(24)16(14)18-17(21(33)31-9-2-10-34-31)19(35-30-18)13-11-29-32(20(13)22(25,26)27)12-5-7-28-8-6-12/h1,3-8,11H,2,9-10H2. The minimum absolute atomic E-state index is 0.0752. The van der Waals surface area contributed by atoms with Crippen molar-refractivity contribution in [2.75, 3.05) is 13.2 Å². The molecule has 0 N–H and O–H groups in total. The van der Waals surface area contributed by atoms with E-state index in [4.69, 9.17) is 21.0 Å². The highest BCUT2D eigenvalue weighted by molar-refractivity contribution is 6.33. The van der Waals surface area contributed by atoms with Crippen LogP contribution in [-0.4, -0.2) is 44.0 Å². The fraction of sp³-hybridized carbons (Fsp3) is 0.182. The van der Waals surface area contributed by atoms with Gasteiger partial charge in [-0.05, 0) is 30.7 Å². The van der Waals surface area contributed by atoms with Crippen molar-refractivity contribution in [1.29, 1.82) is 0 Å². The number of hydroxylamine groups is 2. The topological polar surface area (TPSA) is 86.3 Å². The molecule has 1 amide bonds. The molecule has 8 nitrogen and oxygen atoms in total. The Kier molecular flexibility index (Phi) is 5.77. The van der Waals surface area contributed by atoms with Crippen LogP contribution in [0, 0.1) is 5.82 Å². The number of hydrogen-bond donors (Lipinski definition) is 0. The normalized spacial score (nSPS) is 14.0. The second kappa shape index (κ2) is 8.78. The maximum atomic E-state index is 14.7. The highest BCUT2D eigenvalue weighted by Crippen LogP contribution is 2.43. The quantitative estimate of drug-likeness (QED) is 0.354. The zero-order chi connectivity index (χ0) is 24.7. The van der Waals surface area contributed by atoms with Crippen LogP contribution < -0.4 is 0 Å². The van der Waals surface area contributed by atoms with E-state index in [1.54, 1.807) is 0 Å². The van der Waals surface area contributed by atoms with Gasteiger partial charge >= 0.3 is 6.18 Å². The Morgan fingerprint density at radius 3 is 2.57 bits per heavy atom. The summed E-state index contributed by atoms with van der Waals surface area (Å²) in [7, 11) is 0. The van der Waals surface area contributed by atoms with Gasteiger partial charge in [-0.15, -0.1) is 0 Å². The third-order valence-electron chi connectivity index (χ3n) is 5.27. The number of alkyl halides is 3. The van der Waals surface area contributed by atoms with E-state index in [2.05, 4.69) is 15.2 Å². The Morgan fingerprint density at radius 1 is 1.14 bits per heavy atom. The molecule has 0 atom stereocenters. The van der Waals surface area contributed by atoms with Crippen LogP contribution in [0.4, 0.5) is 17.6 Å². The zero-order valence-corrected chi connectivity index (χ0v) is 18.3. The summed E-state index contributed by atoms with van der Waals surface area (Å²) < 4.78 is 63.5. The molecule has 1 aliphatic heterocycles. The van der Waals surface area contributed by atoms with E-state index in [0.717, 1.165) is 17.3 Å². The number of aromatic nitrogens is 4. The third kappa shape index (κ3) is 4.04. The lowest BCUT2D eigenvalue weighted by Crippen LogP contribution is -2.27. The molecule has 0 bridgehead atoms. The molecule has 0 aliphatic carbocycles. The predicted molar refractivity (Wildman–Crippen MR) is 114 cm³/mol. The number of nitrogens with zero attached hydrogens (tertiary/aromatic N) is 5. The van der Waals surface area contributed by atoms with Crippen LogP contribution >= 0.6 is 11.6 Å². The van der Waals surface area contributed by atoms with Crippen molar-refractivity contribution >= 4 is 17.5 Å². The number of rotatable bonds is 4. The molecule has 3 aromatic heterocycles. The second-order valence-electron chi connectivity index (χ2n) is 7.45. The summed E-state index contributed by atoms with van der Waals surface area (Å²) in [5, 5.41) is 8.49. The maximum Gasteiger partial charge on any atom is 0.434 e. The smallest absolute Gasteiger partial charge is 0.355 e. The van der Waals surface area contributed by atoms with Gasteiger partial charge in [-0.1, -0.05) is 22.8 Å². The van der Waals surface area contributed by atoms with Crippen LogP contribution in [0.1, 0.15) is 22.5 Å². The number of hydrogen-bond acceptors (Lipinski definition) is 6. The maximum absolute atomic E-state index is 14.7. The molecular weight excluding hydrogens is 494 g/mol. The minimum atomic E-state index is -4.91. The number of amides is 1. The number of pyridine rings is 1. The first-order chi connectivity index (χ1) is 16.8. The molecule has 0 radical (unpaired) electrons. The van der Waals surface area contributed by atoms with Gasteiger partial charge < -0.3 is 4.52 Å². The van der Waals surface area contributed by atoms with Gasteiger partial charge in [-0.2, -0.15) is 18.3 Å². The largest absolute Gasteiger partial charge is 0.434 e. The zero-order valence-electron chi connectivity index (χ0n) is 17.6. The van der Waals surface area contributed by atoms with Crippen molar-refractivity contribution in [3.05, 3.63) is 71.0 Å². The molecule has 35 heavy (non-hydrogen) atoms. The van der Waals surface area contributed by atoms with Gasteiger partial charge in [0.1, 0.15) is 17.1 Å². The van der Waals surface area contributed by atoms with Gasteiger partial charge in [0.15, 0.2) is 11.5 Å². The summed E-state index contributed by atoms with van der Waals surface area (Å²) in [6, 6.07) is 6.45. The molecule has 1 aromatic carbocycles. The molecule has 1 aliphatic rings. The average molecular weight is 508 g/mol. The molecule has 180 valence electrons. The van der Waals surface area contributed by atoms with E-state index in [1.165, 1.54) is 36.7 Å². The van der Waals surface area contributed by atoms with Crippen LogP contribution in [0.25, 0.3) is 28.3 Å². The fourth-order valence-electron chi connectivity index (χ4n) is 3.77. The summed E-state index contributed by atoms with van der Waals surface area (Å²) in [5.41, 5.74) is -2.79. The molecular formula is C22H14ClF4N5O3. The highest BCUT2D eigenvalue weighted by Gasteiger charge is 2.42. The van der Waals surface area contributed by atoms with E-state index >= 15 is 0 Å². The summed E-state index contributed by atoms with van der Waals surface area (Å²) in [5.74, 6) is -2.23. The summed E-state index contributed by atoms with van der Waals surface area (Å²) in [6.45, 7) is 0.409. The number of carbonyl (C=O) groups is 1. The van der Waals surface area contributed by atoms with Crippen molar-refractivity contribution in [1.82, 2.24) is 25.0 Å². The Bertz CT molecular complexity index is 1380. The Hall–Kier alpha value is -3.77. The van der Waals surface area contributed by atoms with Crippen LogP contribution in [-0.2, 0) is 11.0 Å². The summed E-state index contributed by atoms with van der Waals surface area (Å²) >= 11 is 6.16. The number of carbonyl (C=O) groups excluding carboxylic acids is 1. The Labute approximate surface area is 199 Å². The molecule has 4 heterocycles. The lowest BCUT2D eigenvalue weighted by molar-refractivity contribution is -0.142. The van der Waals surface area contributed by atoms with Crippen molar-refractivity contribution in [3.63, 3.8) is 0 Å². The van der Waals surface area contributed by atoms with E-state index in [1.807, 2.05) is 0 Å². The van der Waals surface area contributed by atoms with Gasteiger partial charge in [0.2, 0.25) is 0 Å². The first-order valence-corrected chi connectivity index (χ1v) is 10.6. The molecule has 0 unspecified atom stereocenters. The molecule has 5 rings (SSSR count). The van der Waals surface area contributed by atoms with Crippen LogP contribution in [0.15, 0.2) is 53.4 Å². The van der Waals surface area contributed by atoms with Gasteiger partial charge in [-0.3, -0.25) is 14.6 Å². The third-order valence-corrected chi connectivity index (χ3v) is 5.59. The molecule has 1 fully saturated rings. The van der Waals surface area contributed by atoms with Gasteiger partial charge in [-0.25, -0.2) is 14.1 Å². The van der Waals surface area contributed by atoms with Crippen LogP contribution in [0.5, 0.6) is 0 Å². The lowest BCUT2D eigenvalue weighted by atomic mass is 10.0. The van der Waals surface area contributed by atoms with E-state index in [0.29, 0.717) is 11.1 Å². The van der Waals surface area contributed by atoms with Crippen LogP contribution in [0.2, 0.25) is 5.02 Å². The monoisotopic (exact) mass is 507 g/mol. The van der Waals surface area contributed by atoms with E-state index in [9.17, 15) is 22.4 Å². The number of halogens is 5. The molecule has 13 heteroatoms. The van der Waals surface area contributed by atoms with E-state index < -0.39 is 40.5 Å². The first kappa shape index (κ1) is 23.0. The first-order valence-electron chi connectivity index (χ1n) is 10.2. The fourth-order valence-corrected chi connectivity index (χ4v) is 4.02. The molecule has 0 saturated carbocycles. The number of benzene rings is 1. The SMILES string of the molecule is O=C(c1c(-c2c(F)cccc2Cl)noc1-c1cnn(-c2ccncc2)c1C(F)(F)F)N1CCCO1.